The summed E-state index contributed by atoms with van der Waals surface area (Å²) in [5, 5.41) is 3.68. The van der Waals surface area contributed by atoms with Crippen LogP contribution in [-0.4, -0.2) is 16.1 Å². The highest BCUT2D eigenvalue weighted by atomic mass is 15.1. The molecule has 0 unspecified atom stereocenters. The molecule has 2 aliphatic rings. The zero-order valence-corrected chi connectivity index (χ0v) is 12.2. The number of nitrogens with zero attached hydrogens (tertiary/aromatic N) is 2. The predicted molar refractivity (Wildman–Crippen MR) is 81.5 cm³/mol. The summed E-state index contributed by atoms with van der Waals surface area (Å²) in [5.41, 5.74) is 3.05. The van der Waals surface area contributed by atoms with Crippen molar-refractivity contribution in [3.05, 3.63) is 30.1 Å². The maximum Gasteiger partial charge on any atom is 0.123 e. The number of hydrogen-bond donors (Lipinski definition) is 1. The fourth-order valence-corrected chi connectivity index (χ4v) is 3.62. The molecule has 0 atom stereocenters. The van der Waals surface area contributed by atoms with E-state index in [0.717, 1.165) is 24.5 Å². The van der Waals surface area contributed by atoms with E-state index in [4.69, 9.17) is 4.98 Å². The first kappa shape index (κ1) is 12.4. The molecule has 2 fully saturated rings. The first-order valence-electron chi connectivity index (χ1n) is 7.97. The number of para-hydroxylation sites is 2. The summed E-state index contributed by atoms with van der Waals surface area (Å²) in [6.07, 6.45) is 5.81. The maximum atomic E-state index is 4.78. The molecular formula is C17H23N3. The standard InChI is InChI=1S/C17H23N3/c1-2-20-15-6-4-3-5-14(15)19-16(20)11-18-12-17(9-10-17)13-7-8-13/h3-6,13,18H,2,7-12H2,1H3. The van der Waals surface area contributed by atoms with Gasteiger partial charge in [0.1, 0.15) is 5.82 Å². The molecule has 1 aromatic heterocycles. The Kier molecular flexibility index (Phi) is 2.84. The Morgan fingerprint density at radius 2 is 2.10 bits per heavy atom. The van der Waals surface area contributed by atoms with Gasteiger partial charge in [-0.15, -0.1) is 0 Å². The predicted octanol–water partition coefficient (Wildman–Crippen LogP) is 3.34. The van der Waals surface area contributed by atoms with Crippen LogP contribution in [-0.2, 0) is 13.1 Å². The molecule has 0 radical (unpaired) electrons. The van der Waals surface area contributed by atoms with Crippen LogP contribution in [0.3, 0.4) is 0 Å². The van der Waals surface area contributed by atoms with Gasteiger partial charge >= 0.3 is 0 Å². The van der Waals surface area contributed by atoms with Crippen molar-refractivity contribution in [3.63, 3.8) is 0 Å². The Balaban J connectivity index is 1.48. The van der Waals surface area contributed by atoms with Gasteiger partial charge in [-0.05, 0) is 56.1 Å². The fourth-order valence-electron chi connectivity index (χ4n) is 3.62. The van der Waals surface area contributed by atoms with Crippen molar-refractivity contribution in [2.24, 2.45) is 11.3 Å². The van der Waals surface area contributed by atoms with E-state index in [1.54, 1.807) is 0 Å². The lowest BCUT2D eigenvalue weighted by Crippen LogP contribution is -2.26. The second-order valence-corrected chi connectivity index (χ2v) is 6.50. The average molecular weight is 269 g/mol. The summed E-state index contributed by atoms with van der Waals surface area (Å²) in [6, 6.07) is 8.44. The molecule has 4 rings (SSSR count). The number of fused-ring (bicyclic) bond motifs is 1. The van der Waals surface area contributed by atoms with Gasteiger partial charge in [0.05, 0.1) is 17.6 Å². The van der Waals surface area contributed by atoms with Crippen molar-refractivity contribution in [2.75, 3.05) is 6.54 Å². The quantitative estimate of drug-likeness (QED) is 0.871. The van der Waals surface area contributed by atoms with Crippen molar-refractivity contribution in [3.8, 4) is 0 Å². The Labute approximate surface area is 120 Å². The fraction of sp³-hybridized carbons (Fsp3) is 0.588. The van der Waals surface area contributed by atoms with Crippen LogP contribution in [0, 0.1) is 11.3 Å². The molecule has 1 heterocycles. The molecule has 3 nitrogen and oxygen atoms in total. The van der Waals surface area contributed by atoms with Gasteiger partial charge in [-0.2, -0.15) is 0 Å². The summed E-state index contributed by atoms with van der Waals surface area (Å²) in [7, 11) is 0. The average Bonchev–Trinajstić information content (AvgIpc) is 3.34. The normalized spacial score (nSPS) is 20.4. The Morgan fingerprint density at radius 1 is 1.30 bits per heavy atom. The van der Waals surface area contributed by atoms with E-state index in [2.05, 4.69) is 41.1 Å². The van der Waals surface area contributed by atoms with Crippen LogP contribution in [0.4, 0.5) is 0 Å². The van der Waals surface area contributed by atoms with Crippen molar-refractivity contribution in [1.82, 2.24) is 14.9 Å². The molecule has 0 amide bonds. The summed E-state index contributed by atoms with van der Waals surface area (Å²) in [4.78, 5) is 4.78. The van der Waals surface area contributed by atoms with E-state index in [0.29, 0.717) is 5.41 Å². The summed E-state index contributed by atoms with van der Waals surface area (Å²) in [5.74, 6) is 2.21. The Morgan fingerprint density at radius 3 is 2.80 bits per heavy atom. The minimum Gasteiger partial charge on any atom is -0.327 e. The van der Waals surface area contributed by atoms with Gasteiger partial charge in [-0.3, -0.25) is 0 Å². The van der Waals surface area contributed by atoms with Crippen LogP contribution in [0.5, 0.6) is 0 Å². The van der Waals surface area contributed by atoms with E-state index < -0.39 is 0 Å². The third kappa shape index (κ3) is 2.05. The molecule has 1 N–H and O–H groups in total. The number of imidazole rings is 1. The van der Waals surface area contributed by atoms with Gasteiger partial charge in [0.25, 0.3) is 0 Å². The molecule has 3 heteroatoms. The van der Waals surface area contributed by atoms with Crippen molar-refractivity contribution in [2.45, 2.75) is 45.7 Å². The van der Waals surface area contributed by atoms with E-state index in [-0.39, 0.29) is 0 Å². The van der Waals surface area contributed by atoms with Crippen LogP contribution in [0.15, 0.2) is 24.3 Å². The van der Waals surface area contributed by atoms with E-state index in [1.165, 1.54) is 43.6 Å². The molecule has 2 saturated carbocycles. The lowest BCUT2D eigenvalue weighted by Gasteiger charge is -2.15. The molecular weight excluding hydrogens is 246 g/mol. The molecule has 0 bridgehead atoms. The summed E-state index contributed by atoms with van der Waals surface area (Å²) >= 11 is 0. The van der Waals surface area contributed by atoms with Gasteiger partial charge in [0.15, 0.2) is 0 Å². The first-order valence-corrected chi connectivity index (χ1v) is 7.97. The number of hydrogen-bond acceptors (Lipinski definition) is 2. The summed E-state index contributed by atoms with van der Waals surface area (Å²) in [6.45, 7) is 5.27. The zero-order chi connectivity index (χ0) is 13.6. The lowest BCUT2D eigenvalue weighted by molar-refractivity contribution is 0.399. The lowest BCUT2D eigenvalue weighted by atomic mass is 10.0. The van der Waals surface area contributed by atoms with Gasteiger partial charge in [-0.1, -0.05) is 12.1 Å². The van der Waals surface area contributed by atoms with Gasteiger partial charge < -0.3 is 9.88 Å². The topological polar surface area (TPSA) is 29.9 Å². The minimum atomic E-state index is 0.670. The van der Waals surface area contributed by atoms with Gasteiger partial charge in [0, 0.05) is 13.1 Å². The number of nitrogens with one attached hydrogen (secondary N) is 1. The second kappa shape index (κ2) is 4.59. The Hall–Kier alpha value is -1.35. The highest BCUT2D eigenvalue weighted by molar-refractivity contribution is 5.75. The van der Waals surface area contributed by atoms with Gasteiger partial charge in [-0.25, -0.2) is 4.98 Å². The SMILES string of the molecule is CCn1c(CNCC2(C3CC3)CC2)nc2ccccc21. The third-order valence-electron chi connectivity index (χ3n) is 5.15. The van der Waals surface area contributed by atoms with Gasteiger partial charge in [0.2, 0.25) is 0 Å². The van der Waals surface area contributed by atoms with Crippen molar-refractivity contribution < 1.29 is 0 Å². The van der Waals surface area contributed by atoms with Crippen LogP contribution in [0.25, 0.3) is 11.0 Å². The largest absolute Gasteiger partial charge is 0.327 e. The third-order valence-corrected chi connectivity index (χ3v) is 5.15. The van der Waals surface area contributed by atoms with Crippen LogP contribution in [0.1, 0.15) is 38.4 Å². The zero-order valence-electron chi connectivity index (χ0n) is 12.2. The number of aryl methyl sites for hydroxylation is 1. The molecule has 2 aromatic rings. The molecule has 2 aliphatic carbocycles. The number of rotatable bonds is 6. The van der Waals surface area contributed by atoms with E-state index in [1.807, 2.05) is 0 Å². The highest BCUT2D eigenvalue weighted by Crippen LogP contribution is 2.60. The van der Waals surface area contributed by atoms with Crippen molar-refractivity contribution in [1.29, 1.82) is 0 Å². The van der Waals surface area contributed by atoms with Crippen LogP contribution < -0.4 is 5.32 Å². The Bertz CT molecular complexity index is 620. The van der Waals surface area contributed by atoms with Crippen LogP contribution in [0.2, 0.25) is 0 Å². The molecule has 106 valence electrons. The maximum absolute atomic E-state index is 4.78. The molecule has 1 aromatic carbocycles. The number of aromatic nitrogens is 2. The van der Waals surface area contributed by atoms with Crippen molar-refractivity contribution >= 4 is 11.0 Å². The highest BCUT2D eigenvalue weighted by Gasteiger charge is 2.53. The van der Waals surface area contributed by atoms with Crippen LogP contribution >= 0.6 is 0 Å². The first-order chi connectivity index (χ1) is 9.82. The monoisotopic (exact) mass is 269 g/mol. The molecule has 20 heavy (non-hydrogen) atoms. The molecule has 0 spiro atoms. The van der Waals surface area contributed by atoms with E-state index in [9.17, 15) is 0 Å². The minimum absolute atomic E-state index is 0.670. The number of benzene rings is 1. The van der Waals surface area contributed by atoms with E-state index >= 15 is 0 Å². The summed E-state index contributed by atoms with van der Waals surface area (Å²) < 4.78 is 2.33. The second-order valence-electron chi connectivity index (χ2n) is 6.50. The molecule has 0 saturated heterocycles. The smallest absolute Gasteiger partial charge is 0.123 e. The molecule has 0 aliphatic heterocycles.